The molecule has 1 heterocycles. The fourth-order valence-electron chi connectivity index (χ4n) is 2.08. The smallest absolute Gasteiger partial charge is 0.239 e. The Morgan fingerprint density at radius 2 is 2.20 bits per heavy atom. The van der Waals surface area contributed by atoms with Crippen LogP contribution in [0.4, 0.5) is 0 Å². The Kier molecular flexibility index (Phi) is 5.03. The van der Waals surface area contributed by atoms with Gasteiger partial charge in [0, 0.05) is 25.2 Å². The van der Waals surface area contributed by atoms with Gasteiger partial charge in [-0.3, -0.25) is 9.78 Å². The van der Waals surface area contributed by atoms with Gasteiger partial charge >= 0.3 is 0 Å². The number of amides is 1. The van der Waals surface area contributed by atoms with Gasteiger partial charge in [0.25, 0.3) is 0 Å². The van der Waals surface area contributed by atoms with Gasteiger partial charge in [-0.25, -0.2) is 0 Å². The van der Waals surface area contributed by atoms with Crippen LogP contribution in [0.25, 0.3) is 10.9 Å². The van der Waals surface area contributed by atoms with Gasteiger partial charge < -0.3 is 15.8 Å². The largest absolute Gasteiger partial charge is 0.383 e. The van der Waals surface area contributed by atoms with Crippen LogP contribution in [0.5, 0.6) is 0 Å². The van der Waals surface area contributed by atoms with Crippen LogP contribution in [0, 0.1) is 0 Å². The minimum atomic E-state index is -0.620. The second-order valence-corrected chi connectivity index (χ2v) is 4.60. The van der Waals surface area contributed by atoms with Crippen molar-refractivity contribution in [3.05, 3.63) is 42.1 Å². The summed E-state index contributed by atoms with van der Waals surface area (Å²) in [5.41, 5.74) is 7.74. The molecule has 0 saturated heterocycles. The molecule has 1 amide bonds. The highest BCUT2D eigenvalue weighted by Gasteiger charge is 2.12. The van der Waals surface area contributed by atoms with Crippen molar-refractivity contribution in [1.29, 1.82) is 0 Å². The summed E-state index contributed by atoms with van der Waals surface area (Å²) in [7, 11) is 1.52. The van der Waals surface area contributed by atoms with E-state index >= 15 is 0 Å². The lowest BCUT2D eigenvalue weighted by atomic mass is 10.1. The highest BCUT2D eigenvalue weighted by molar-refractivity contribution is 5.82. The molecule has 106 valence electrons. The monoisotopic (exact) mass is 273 g/mol. The molecule has 1 atom stereocenters. The molecule has 0 aliphatic carbocycles. The topological polar surface area (TPSA) is 77.2 Å². The lowest BCUT2D eigenvalue weighted by Crippen LogP contribution is -2.44. The second-order valence-electron chi connectivity index (χ2n) is 4.60. The molecule has 2 rings (SSSR count). The summed E-state index contributed by atoms with van der Waals surface area (Å²) in [5.74, 6) is -0.194. The van der Waals surface area contributed by atoms with E-state index in [1.54, 1.807) is 6.20 Å². The molecule has 0 saturated carbocycles. The van der Waals surface area contributed by atoms with Crippen molar-refractivity contribution in [2.45, 2.75) is 12.5 Å². The Balaban J connectivity index is 1.95. The molecule has 0 aliphatic heterocycles. The van der Waals surface area contributed by atoms with Gasteiger partial charge in [0.15, 0.2) is 0 Å². The standard InChI is InChI=1S/C15H19N3O2/c1-20-10-13(16)15(19)18-9-7-12-5-2-4-11-6-3-8-17-14(11)12/h2-6,8,13H,7,9-10,16H2,1H3,(H,18,19). The van der Waals surface area contributed by atoms with E-state index in [1.807, 2.05) is 30.3 Å². The number of hydrogen-bond acceptors (Lipinski definition) is 4. The minimum Gasteiger partial charge on any atom is -0.383 e. The number of para-hydroxylation sites is 1. The third-order valence-electron chi connectivity index (χ3n) is 3.09. The van der Waals surface area contributed by atoms with Gasteiger partial charge in [-0.2, -0.15) is 0 Å². The number of nitrogens with one attached hydrogen (secondary N) is 1. The summed E-state index contributed by atoms with van der Waals surface area (Å²) in [6.45, 7) is 0.758. The minimum absolute atomic E-state index is 0.194. The summed E-state index contributed by atoms with van der Waals surface area (Å²) in [5, 5.41) is 3.91. The van der Waals surface area contributed by atoms with Gasteiger partial charge in [-0.05, 0) is 18.1 Å². The van der Waals surface area contributed by atoms with E-state index in [-0.39, 0.29) is 12.5 Å². The molecule has 3 N–H and O–H groups in total. The lowest BCUT2D eigenvalue weighted by molar-refractivity contribution is -0.123. The van der Waals surface area contributed by atoms with Crippen LogP contribution in [0.2, 0.25) is 0 Å². The van der Waals surface area contributed by atoms with Crippen molar-refractivity contribution in [3.63, 3.8) is 0 Å². The maximum absolute atomic E-state index is 11.7. The third-order valence-corrected chi connectivity index (χ3v) is 3.09. The van der Waals surface area contributed by atoms with Crippen LogP contribution in [-0.2, 0) is 16.0 Å². The van der Waals surface area contributed by atoms with E-state index in [4.69, 9.17) is 10.5 Å². The molecule has 5 nitrogen and oxygen atoms in total. The molecule has 20 heavy (non-hydrogen) atoms. The zero-order valence-corrected chi connectivity index (χ0v) is 11.5. The molecule has 0 spiro atoms. The number of fused-ring (bicyclic) bond motifs is 1. The highest BCUT2D eigenvalue weighted by Crippen LogP contribution is 2.15. The van der Waals surface area contributed by atoms with Crippen LogP contribution in [-0.4, -0.2) is 37.2 Å². The summed E-state index contributed by atoms with van der Waals surface area (Å²) < 4.78 is 4.85. The Morgan fingerprint density at radius 1 is 1.40 bits per heavy atom. The summed E-state index contributed by atoms with van der Waals surface area (Å²) >= 11 is 0. The molecule has 1 aromatic carbocycles. The van der Waals surface area contributed by atoms with E-state index in [0.717, 1.165) is 22.9 Å². The van der Waals surface area contributed by atoms with E-state index in [2.05, 4.69) is 10.3 Å². The maximum atomic E-state index is 11.7. The van der Waals surface area contributed by atoms with Crippen LogP contribution < -0.4 is 11.1 Å². The first-order chi connectivity index (χ1) is 9.72. The van der Waals surface area contributed by atoms with Crippen LogP contribution in [0.15, 0.2) is 36.5 Å². The molecule has 1 aromatic heterocycles. The number of nitrogens with two attached hydrogens (primary N) is 1. The van der Waals surface area contributed by atoms with Crippen molar-refractivity contribution in [2.75, 3.05) is 20.3 Å². The number of carbonyl (C=O) groups excluding carboxylic acids is 1. The first-order valence-electron chi connectivity index (χ1n) is 6.57. The SMILES string of the molecule is COCC(N)C(=O)NCCc1cccc2cccnc12. The van der Waals surface area contributed by atoms with Gasteiger partial charge in [0.2, 0.25) is 5.91 Å². The molecule has 1 unspecified atom stereocenters. The van der Waals surface area contributed by atoms with Crippen LogP contribution in [0.3, 0.4) is 0 Å². The average molecular weight is 273 g/mol. The van der Waals surface area contributed by atoms with E-state index in [1.165, 1.54) is 7.11 Å². The van der Waals surface area contributed by atoms with Gasteiger partial charge in [-0.1, -0.05) is 24.3 Å². The Morgan fingerprint density at radius 3 is 3.00 bits per heavy atom. The predicted molar refractivity (Wildman–Crippen MR) is 78.3 cm³/mol. The van der Waals surface area contributed by atoms with E-state index in [0.29, 0.717) is 6.54 Å². The van der Waals surface area contributed by atoms with E-state index < -0.39 is 6.04 Å². The average Bonchev–Trinajstić information content (AvgIpc) is 2.47. The van der Waals surface area contributed by atoms with Gasteiger partial charge in [0.05, 0.1) is 12.1 Å². The maximum Gasteiger partial charge on any atom is 0.239 e. The number of ether oxygens (including phenoxy) is 1. The van der Waals surface area contributed by atoms with Crippen molar-refractivity contribution < 1.29 is 9.53 Å². The number of carbonyl (C=O) groups is 1. The van der Waals surface area contributed by atoms with Crippen molar-refractivity contribution in [2.24, 2.45) is 5.73 Å². The molecular formula is C15H19N3O2. The highest BCUT2D eigenvalue weighted by atomic mass is 16.5. The van der Waals surface area contributed by atoms with Crippen molar-refractivity contribution >= 4 is 16.8 Å². The Labute approximate surface area is 118 Å². The van der Waals surface area contributed by atoms with Crippen molar-refractivity contribution in [1.82, 2.24) is 10.3 Å². The lowest BCUT2D eigenvalue weighted by Gasteiger charge is -2.11. The molecule has 5 heteroatoms. The number of pyridine rings is 1. The normalized spacial score (nSPS) is 12.3. The Hall–Kier alpha value is -1.98. The predicted octanol–water partition coefficient (Wildman–Crippen LogP) is 0.867. The molecular weight excluding hydrogens is 254 g/mol. The van der Waals surface area contributed by atoms with Gasteiger partial charge in [-0.15, -0.1) is 0 Å². The number of hydrogen-bond donors (Lipinski definition) is 2. The summed E-state index contributed by atoms with van der Waals surface area (Å²) in [6, 6.07) is 9.37. The molecule has 0 bridgehead atoms. The molecule has 0 aliphatic rings. The van der Waals surface area contributed by atoms with Crippen molar-refractivity contribution in [3.8, 4) is 0 Å². The number of methoxy groups -OCH3 is 1. The first-order valence-corrected chi connectivity index (χ1v) is 6.57. The fourth-order valence-corrected chi connectivity index (χ4v) is 2.08. The van der Waals surface area contributed by atoms with Crippen LogP contribution >= 0.6 is 0 Å². The number of nitrogens with zero attached hydrogens (tertiary/aromatic N) is 1. The molecule has 0 fully saturated rings. The van der Waals surface area contributed by atoms with Crippen LogP contribution in [0.1, 0.15) is 5.56 Å². The number of benzene rings is 1. The molecule has 0 radical (unpaired) electrons. The Bertz CT molecular complexity index is 581. The third kappa shape index (κ3) is 3.53. The zero-order valence-electron chi connectivity index (χ0n) is 11.5. The summed E-state index contributed by atoms with van der Waals surface area (Å²) in [6.07, 6.45) is 2.50. The fraction of sp³-hybridized carbons (Fsp3) is 0.333. The first kappa shape index (κ1) is 14.4. The van der Waals surface area contributed by atoms with Gasteiger partial charge in [0.1, 0.15) is 6.04 Å². The van der Waals surface area contributed by atoms with E-state index in [9.17, 15) is 4.79 Å². The number of rotatable bonds is 6. The zero-order chi connectivity index (χ0) is 14.4. The summed E-state index contributed by atoms with van der Waals surface area (Å²) in [4.78, 5) is 16.0. The quantitative estimate of drug-likeness (QED) is 0.818. The second kappa shape index (κ2) is 6.98. The molecule has 2 aromatic rings. The number of aromatic nitrogens is 1.